The molecule has 34 heavy (non-hydrogen) atoms. The number of amides is 4. The Morgan fingerprint density at radius 1 is 0.882 bits per heavy atom. The molecule has 11 heteroatoms. The first-order valence-corrected chi connectivity index (χ1v) is 11.1. The average Bonchev–Trinajstić information content (AvgIpc) is 2.75. The van der Waals surface area contributed by atoms with Crippen LogP contribution in [0.15, 0.2) is 30.3 Å². The second-order valence-electron chi connectivity index (χ2n) is 8.62. The number of aliphatic carboxylic acids is 1. The zero-order chi connectivity index (χ0) is 25.8. The van der Waals surface area contributed by atoms with Crippen LogP contribution in [-0.2, 0) is 30.4 Å². The number of benzene rings is 1. The van der Waals surface area contributed by atoms with Crippen molar-refractivity contribution in [3.63, 3.8) is 0 Å². The normalized spacial score (nSPS) is 14.4. The minimum Gasteiger partial charge on any atom is -0.480 e. The van der Waals surface area contributed by atoms with Gasteiger partial charge in [-0.2, -0.15) is 0 Å². The molecule has 1 aromatic carbocycles. The lowest BCUT2D eigenvalue weighted by Crippen LogP contribution is -2.57. The zero-order valence-electron chi connectivity index (χ0n) is 19.7. The van der Waals surface area contributed by atoms with E-state index in [2.05, 4.69) is 16.0 Å². The molecular formula is C23H35N5O6. The van der Waals surface area contributed by atoms with E-state index < -0.39 is 53.8 Å². The van der Waals surface area contributed by atoms with Gasteiger partial charge in [-0.1, -0.05) is 44.2 Å². The summed E-state index contributed by atoms with van der Waals surface area (Å²) in [4.78, 5) is 60.2. The molecule has 0 aliphatic rings. The van der Waals surface area contributed by atoms with Gasteiger partial charge >= 0.3 is 5.97 Å². The highest BCUT2D eigenvalue weighted by Gasteiger charge is 2.28. The van der Waals surface area contributed by atoms with Crippen molar-refractivity contribution in [3.8, 4) is 0 Å². The van der Waals surface area contributed by atoms with E-state index in [1.807, 2.05) is 19.9 Å². The van der Waals surface area contributed by atoms with Crippen molar-refractivity contribution in [2.75, 3.05) is 0 Å². The van der Waals surface area contributed by atoms with E-state index in [1.54, 1.807) is 24.3 Å². The second kappa shape index (κ2) is 13.9. The number of hydrogen-bond donors (Lipinski definition) is 6. The quantitative estimate of drug-likeness (QED) is 0.206. The summed E-state index contributed by atoms with van der Waals surface area (Å²) in [6.45, 7) is 5.23. The molecule has 0 fully saturated rings. The molecular weight excluding hydrogens is 442 g/mol. The molecule has 0 saturated carbocycles. The molecule has 0 saturated heterocycles. The van der Waals surface area contributed by atoms with Crippen LogP contribution < -0.4 is 27.4 Å². The summed E-state index contributed by atoms with van der Waals surface area (Å²) >= 11 is 0. The van der Waals surface area contributed by atoms with Crippen molar-refractivity contribution in [2.45, 2.75) is 70.6 Å². The van der Waals surface area contributed by atoms with Crippen LogP contribution in [0.3, 0.4) is 0 Å². The lowest BCUT2D eigenvalue weighted by molar-refractivity contribution is -0.142. The Morgan fingerprint density at radius 3 is 2.00 bits per heavy atom. The van der Waals surface area contributed by atoms with Crippen LogP contribution in [0.1, 0.15) is 45.6 Å². The topological polar surface area (TPSA) is 194 Å². The number of carbonyl (C=O) groups is 5. The first kappa shape index (κ1) is 28.6. The van der Waals surface area contributed by atoms with Gasteiger partial charge in [0.2, 0.25) is 23.6 Å². The highest BCUT2D eigenvalue weighted by molar-refractivity contribution is 5.94. The van der Waals surface area contributed by atoms with Crippen molar-refractivity contribution >= 4 is 29.6 Å². The molecule has 4 amide bonds. The third-order valence-corrected chi connectivity index (χ3v) is 5.02. The first-order valence-electron chi connectivity index (χ1n) is 11.1. The summed E-state index contributed by atoms with van der Waals surface area (Å²) in [6, 6.07) is 4.76. The van der Waals surface area contributed by atoms with E-state index in [0.717, 1.165) is 5.56 Å². The van der Waals surface area contributed by atoms with E-state index in [-0.39, 0.29) is 25.2 Å². The standard InChI is InChI=1S/C23H35N5O6/c1-13(2)11-16(24)21(31)28-18(12-15-7-5-4-6-8-15)22(32)26-14(3)20(30)27-17(23(33)34)9-10-19(25)29/h4-8,13-14,16-18H,9-12,24H2,1-3H3,(H2,25,29)(H,26,32)(H,27,30)(H,28,31)(H,33,34). The molecule has 4 atom stereocenters. The molecule has 0 bridgehead atoms. The molecule has 1 rings (SSSR count). The lowest BCUT2D eigenvalue weighted by Gasteiger charge is -2.24. The van der Waals surface area contributed by atoms with Gasteiger partial charge in [-0.3, -0.25) is 19.2 Å². The Hall–Kier alpha value is -3.47. The van der Waals surface area contributed by atoms with Gasteiger partial charge in [-0.25, -0.2) is 4.79 Å². The van der Waals surface area contributed by atoms with Crippen LogP contribution >= 0.6 is 0 Å². The zero-order valence-corrected chi connectivity index (χ0v) is 19.7. The molecule has 0 heterocycles. The van der Waals surface area contributed by atoms with E-state index in [0.29, 0.717) is 6.42 Å². The van der Waals surface area contributed by atoms with Crippen LogP contribution in [-0.4, -0.2) is 58.9 Å². The van der Waals surface area contributed by atoms with Gasteiger partial charge in [-0.05, 0) is 31.2 Å². The van der Waals surface area contributed by atoms with E-state index >= 15 is 0 Å². The summed E-state index contributed by atoms with van der Waals surface area (Å²) in [5, 5.41) is 16.7. The Labute approximate surface area is 199 Å². The summed E-state index contributed by atoms with van der Waals surface area (Å²) < 4.78 is 0. The molecule has 4 unspecified atom stereocenters. The number of rotatable bonds is 14. The highest BCUT2D eigenvalue weighted by Crippen LogP contribution is 2.07. The van der Waals surface area contributed by atoms with Gasteiger partial charge < -0.3 is 32.5 Å². The molecule has 11 nitrogen and oxygen atoms in total. The molecule has 0 aliphatic heterocycles. The largest absolute Gasteiger partial charge is 0.480 e. The van der Waals surface area contributed by atoms with Gasteiger partial charge in [0, 0.05) is 12.8 Å². The van der Waals surface area contributed by atoms with Crippen molar-refractivity contribution in [3.05, 3.63) is 35.9 Å². The van der Waals surface area contributed by atoms with Gasteiger partial charge in [-0.15, -0.1) is 0 Å². The van der Waals surface area contributed by atoms with Crippen molar-refractivity contribution < 1.29 is 29.1 Å². The Bertz CT molecular complexity index is 861. The predicted molar refractivity (Wildman–Crippen MR) is 125 cm³/mol. The number of primary amides is 1. The monoisotopic (exact) mass is 477 g/mol. The van der Waals surface area contributed by atoms with Crippen molar-refractivity contribution in [1.29, 1.82) is 0 Å². The number of hydrogen-bond acceptors (Lipinski definition) is 6. The lowest BCUT2D eigenvalue weighted by atomic mass is 10.0. The molecule has 0 aromatic heterocycles. The highest BCUT2D eigenvalue weighted by atomic mass is 16.4. The Morgan fingerprint density at radius 2 is 1.47 bits per heavy atom. The minimum absolute atomic E-state index is 0.164. The average molecular weight is 478 g/mol. The number of nitrogens with one attached hydrogen (secondary N) is 3. The van der Waals surface area contributed by atoms with E-state index in [4.69, 9.17) is 11.5 Å². The number of carboxylic acid groups (broad SMARTS) is 1. The first-order chi connectivity index (χ1) is 15.9. The van der Waals surface area contributed by atoms with Crippen molar-refractivity contribution in [2.24, 2.45) is 17.4 Å². The van der Waals surface area contributed by atoms with Crippen molar-refractivity contribution in [1.82, 2.24) is 16.0 Å². The van der Waals surface area contributed by atoms with Gasteiger partial charge in [0.1, 0.15) is 18.1 Å². The van der Waals surface area contributed by atoms with Gasteiger partial charge in [0.15, 0.2) is 0 Å². The predicted octanol–water partition coefficient (Wildman–Crippen LogP) is -0.573. The van der Waals surface area contributed by atoms with Crippen LogP contribution in [0.25, 0.3) is 0 Å². The Kier molecular flexibility index (Phi) is 11.7. The Balaban J connectivity index is 2.88. The molecule has 188 valence electrons. The van der Waals surface area contributed by atoms with Crippen LogP contribution in [0.2, 0.25) is 0 Å². The van der Waals surface area contributed by atoms with Crippen LogP contribution in [0.5, 0.6) is 0 Å². The fraction of sp³-hybridized carbons (Fsp3) is 0.522. The summed E-state index contributed by atoms with van der Waals surface area (Å²) in [5.41, 5.74) is 11.8. The summed E-state index contributed by atoms with van der Waals surface area (Å²) in [5.74, 6) is -3.72. The third-order valence-electron chi connectivity index (χ3n) is 5.02. The number of carboxylic acids is 1. The molecule has 0 spiro atoms. The molecule has 1 aromatic rings. The van der Waals surface area contributed by atoms with E-state index in [9.17, 15) is 29.1 Å². The molecule has 8 N–H and O–H groups in total. The molecule has 0 aliphatic carbocycles. The van der Waals surface area contributed by atoms with Gasteiger partial charge in [0.05, 0.1) is 6.04 Å². The summed E-state index contributed by atoms with van der Waals surface area (Å²) in [6.07, 6.45) is 0.195. The fourth-order valence-corrected chi connectivity index (χ4v) is 3.17. The number of nitrogens with two attached hydrogens (primary N) is 2. The fourth-order valence-electron chi connectivity index (χ4n) is 3.17. The maximum absolute atomic E-state index is 13.0. The molecule has 0 radical (unpaired) electrons. The SMILES string of the molecule is CC(C)CC(N)C(=O)NC(Cc1ccccc1)C(=O)NC(C)C(=O)NC(CCC(N)=O)C(=O)O. The minimum atomic E-state index is -1.34. The number of carbonyl (C=O) groups excluding carboxylic acids is 4. The maximum Gasteiger partial charge on any atom is 0.326 e. The van der Waals surface area contributed by atoms with E-state index in [1.165, 1.54) is 6.92 Å². The van der Waals surface area contributed by atoms with Crippen LogP contribution in [0, 0.1) is 5.92 Å². The second-order valence-corrected chi connectivity index (χ2v) is 8.62. The van der Waals surface area contributed by atoms with Crippen LogP contribution in [0.4, 0.5) is 0 Å². The third kappa shape index (κ3) is 10.4. The maximum atomic E-state index is 13.0. The summed E-state index contributed by atoms with van der Waals surface area (Å²) in [7, 11) is 0. The smallest absolute Gasteiger partial charge is 0.326 e. The van der Waals surface area contributed by atoms with Gasteiger partial charge in [0.25, 0.3) is 0 Å².